The van der Waals surface area contributed by atoms with Gasteiger partial charge in [0.2, 0.25) is 5.91 Å². The molecule has 2 aromatic carbocycles. The summed E-state index contributed by atoms with van der Waals surface area (Å²) < 4.78 is 10.6. The lowest BCUT2D eigenvalue weighted by Gasteiger charge is -2.34. The zero-order valence-corrected chi connectivity index (χ0v) is 18.2. The smallest absolute Gasteiger partial charge is 0.248 e. The second-order valence-electron chi connectivity index (χ2n) is 7.47. The van der Waals surface area contributed by atoms with Crippen LogP contribution in [0.15, 0.2) is 42.5 Å². The van der Waals surface area contributed by atoms with Gasteiger partial charge in [-0.15, -0.1) is 0 Å². The average Bonchev–Trinajstić information content (AvgIpc) is 2.78. The first-order valence-corrected chi connectivity index (χ1v) is 10.2. The van der Waals surface area contributed by atoms with Gasteiger partial charge in [0.05, 0.1) is 7.11 Å². The quantitative estimate of drug-likeness (QED) is 0.693. The number of aryl methyl sites for hydroxylation is 1. The Hall–Kier alpha value is -3.50. The number of ether oxygens (including phenoxy) is 2. The van der Waals surface area contributed by atoms with Crippen molar-refractivity contribution >= 4 is 23.4 Å². The molecule has 7 heteroatoms. The monoisotopic (exact) mass is 420 g/mol. The molecule has 1 aliphatic rings. The fourth-order valence-corrected chi connectivity index (χ4v) is 3.41. The molecule has 1 saturated heterocycles. The summed E-state index contributed by atoms with van der Waals surface area (Å²) in [6, 6.07) is 13.3. The summed E-state index contributed by atoms with van der Waals surface area (Å²) in [7, 11) is 3.67. The maximum atomic E-state index is 12.4. The highest BCUT2D eigenvalue weighted by Crippen LogP contribution is 2.28. The summed E-state index contributed by atoms with van der Waals surface area (Å²) in [6.45, 7) is 6.07. The summed E-state index contributed by atoms with van der Waals surface area (Å²) in [6.07, 6.45) is 3.19. The van der Waals surface area contributed by atoms with Crippen LogP contribution in [0.5, 0.6) is 11.5 Å². The zero-order chi connectivity index (χ0) is 22.2. The highest BCUT2D eigenvalue weighted by atomic mass is 16.5. The number of benzene rings is 2. The van der Waals surface area contributed by atoms with Crippen molar-refractivity contribution in [2.24, 2.45) is 0 Å². The van der Waals surface area contributed by atoms with Crippen LogP contribution in [0, 0.1) is 18.3 Å². The number of amides is 1. The third-order valence-corrected chi connectivity index (χ3v) is 5.24. The molecule has 7 nitrogen and oxygen atoms in total. The lowest BCUT2D eigenvalue weighted by molar-refractivity contribution is -0.111. The zero-order valence-electron chi connectivity index (χ0n) is 18.2. The Morgan fingerprint density at radius 1 is 1.16 bits per heavy atom. The number of likely N-dealkylation sites (N-methyl/N-ethyl adjacent to an activating group) is 1. The minimum Gasteiger partial charge on any atom is -0.493 e. The van der Waals surface area contributed by atoms with Crippen molar-refractivity contribution in [2.75, 3.05) is 57.2 Å². The SMILES string of the molecule is COc1cc(/C=C/C(=O)Nc2ccc(N3CCN(C)CC3)cc2C)ccc1OCC#N. The number of piperazine rings is 1. The van der Waals surface area contributed by atoms with Crippen LogP contribution in [0.25, 0.3) is 6.08 Å². The third-order valence-electron chi connectivity index (χ3n) is 5.24. The summed E-state index contributed by atoms with van der Waals surface area (Å²) in [5.74, 6) is 0.786. The van der Waals surface area contributed by atoms with Crippen LogP contribution < -0.4 is 19.7 Å². The Morgan fingerprint density at radius 2 is 1.94 bits per heavy atom. The van der Waals surface area contributed by atoms with E-state index in [0.29, 0.717) is 11.5 Å². The Bertz CT molecular complexity index is 989. The third kappa shape index (κ3) is 6.00. The van der Waals surface area contributed by atoms with Gasteiger partial charge in [0, 0.05) is 43.6 Å². The molecule has 162 valence electrons. The number of carbonyl (C=O) groups is 1. The summed E-state index contributed by atoms with van der Waals surface area (Å²) in [5.41, 5.74) is 3.80. The molecular weight excluding hydrogens is 392 g/mol. The van der Waals surface area contributed by atoms with Gasteiger partial charge in [0.25, 0.3) is 0 Å². The van der Waals surface area contributed by atoms with E-state index in [2.05, 4.69) is 34.3 Å². The predicted molar refractivity (Wildman–Crippen MR) is 123 cm³/mol. The van der Waals surface area contributed by atoms with Gasteiger partial charge < -0.3 is 24.6 Å². The van der Waals surface area contributed by atoms with Gasteiger partial charge in [0.1, 0.15) is 6.07 Å². The van der Waals surface area contributed by atoms with E-state index in [1.54, 1.807) is 24.3 Å². The molecular formula is C24H28N4O3. The van der Waals surface area contributed by atoms with E-state index < -0.39 is 0 Å². The lowest BCUT2D eigenvalue weighted by Crippen LogP contribution is -2.44. The van der Waals surface area contributed by atoms with Crippen molar-refractivity contribution in [3.8, 4) is 17.6 Å². The van der Waals surface area contributed by atoms with Crippen molar-refractivity contribution in [1.82, 2.24) is 4.90 Å². The Labute approximate surface area is 183 Å². The van der Waals surface area contributed by atoms with Crippen LogP contribution in [-0.4, -0.2) is 57.8 Å². The van der Waals surface area contributed by atoms with Crippen molar-refractivity contribution in [2.45, 2.75) is 6.92 Å². The van der Waals surface area contributed by atoms with Crippen LogP contribution in [0.1, 0.15) is 11.1 Å². The van der Waals surface area contributed by atoms with Gasteiger partial charge >= 0.3 is 0 Å². The first kappa shape index (κ1) is 22.2. The van der Waals surface area contributed by atoms with Crippen LogP contribution in [0.4, 0.5) is 11.4 Å². The molecule has 0 aromatic heterocycles. The first-order chi connectivity index (χ1) is 15.0. The maximum absolute atomic E-state index is 12.4. The molecule has 1 N–H and O–H groups in total. The van der Waals surface area contributed by atoms with Gasteiger partial charge in [-0.1, -0.05) is 6.07 Å². The minimum atomic E-state index is -0.209. The summed E-state index contributed by atoms with van der Waals surface area (Å²) in [4.78, 5) is 17.1. The first-order valence-electron chi connectivity index (χ1n) is 10.2. The fraction of sp³-hybridized carbons (Fsp3) is 0.333. The van der Waals surface area contributed by atoms with E-state index in [-0.39, 0.29) is 12.5 Å². The van der Waals surface area contributed by atoms with E-state index in [1.165, 1.54) is 18.9 Å². The number of nitrogens with one attached hydrogen (secondary N) is 1. The number of methoxy groups -OCH3 is 1. The number of anilines is 2. The van der Waals surface area contributed by atoms with E-state index in [9.17, 15) is 4.79 Å². The molecule has 0 saturated carbocycles. The molecule has 0 aliphatic carbocycles. The molecule has 0 radical (unpaired) electrons. The van der Waals surface area contributed by atoms with E-state index in [1.807, 2.05) is 19.1 Å². The van der Waals surface area contributed by atoms with Crippen LogP contribution >= 0.6 is 0 Å². The van der Waals surface area contributed by atoms with E-state index in [4.69, 9.17) is 14.7 Å². The molecule has 0 unspecified atom stereocenters. The molecule has 1 fully saturated rings. The number of hydrogen-bond donors (Lipinski definition) is 1. The number of carbonyl (C=O) groups excluding carboxylic acids is 1. The summed E-state index contributed by atoms with van der Waals surface area (Å²) >= 11 is 0. The number of rotatable bonds is 7. The molecule has 1 aliphatic heterocycles. The summed E-state index contributed by atoms with van der Waals surface area (Å²) in [5, 5.41) is 11.6. The largest absolute Gasteiger partial charge is 0.493 e. The van der Waals surface area contributed by atoms with Gasteiger partial charge in [-0.2, -0.15) is 5.26 Å². The normalized spacial score (nSPS) is 14.3. The number of nitriles is 1. The van der Waals surface area contributed by atoms with Crippen molar-refractivity contribution < 1.29 is 14.3 Å². The van der Waals surface area contributed by atoms with Crippen molar-refractivity contribution in [1.29, 1.82) is 5.26 Å². The Balaban J connectivity index is 1.62. The van der Waals surface area contributed by atoms with Crippen LogP contribution in [-0.2, 0) is 4.79 Å². The van der Waals surface area contributed by atoms with Gasteiger partial charge in [-0.3, -0.25) is 4.79 Å². The molecule has 0 atom stereocenters. The van der Waals surface area contributed by atoms with Gasteiger partial charge in [0.15, 0.2) is 18.1 Å². The van der Waals surface area contributed by atoms with Crippen LogP contribution in [0.3, 0.4) is 0 Å². The molecule has 0 spiro atoms. The fourth-order valence-electron chi connectivity index (χ4n) is 3.41. The predicted octanol–water partition coefficient (Wildman–Crippen LogP) is 3.31. The highest BCUT2D eigenvalue weighted by Gasteiger charge is 2.15. The standard InChI is InChI=1S/C24H28N4O3/c1-18-16-20(28-13-11-27(2)12-14-28)6-7-21(18)26-24(29)9-5-19-4-8-22(31-15-10-25)23(17-19)30-3/h4-9,16-17H,11-15H2,1-3H3,(H,26,29)/b9-5+. The van der Waals surface area contributed by atoms with E-state index in [0.717, 1.165) is 43.0 Å². The molecule has 3 rings (SSSR count). The van der Waals surface area contributed by atoms with Gasteiger partial charge in [-0.25, -0.2) is 0 Å². The topological polar surface area (TPSA) is 77.8 Å². The second-order valence-corrected chi connectivity index (χ2v) is 7.47. The molecule has 1 heterocycles. The highest BCUT2D eigenvalue weighted by molar-refractivity contribution is 6.02. The van der Waals surface area contributed by atoms with Crippen molar-refractivity contribution in [3.05, 3.63) is 53.6 Å². The molecule has 1 amide bonds. The molecule has 2 aromatic rings. The average molecular weight is 421 g/mol. The molecule has 0 bridgehead atoms. The Kier molecular flexibility index (Phi) is 7.52. The van der Waals surface area contributed by atoms with E-state index >= 15 is 0 Å². The number of nitrogens with zero attached hydrogens (tertiary/aromatic N) is 3. The van der Waals surface area contributed by atoms with Gasteiger partial charge in [-0.05, 0) is 61.5 Å². The minimum absolute atomic E-state index is 0.0547. The van der Waals surface area contributed by atoms with Crippen molar-refractivity contribution in [3.63, 3.8) is 0 Å². The van der Waals surface area contributed by atoms with Crippen LogP contribution in [0.2, 0.25) is 0 Å². The second kappa shape index (κ2) is 10.5. The Morgan fingerprint density at radius 3 is 2.61 bits per heavy atom. The molecule has 31 heavy (non-hydrogen) atoms. The number of hydrogen-bond acceptors (Lipinski definition) is 6. The lowest BCUT2D eigenvalue weighted by atomic mass is 10.1. The maximum Gasteiger partial charge on any atom is 0.248 e.